The minimum atomic E-state index is 0.307. The van der Waals surface area contributed by atoms with Crippen LogP contribution in [0.1, 0.15) is 24.8 Å². The SMILES string of the molecule is CN(CCC(Oc1ccccc1S)C1CC1)Cc1ccccc1. The van der Waals surface area contributed by atoms with Crippen LogP contribution < -0.4 is 4.74 Å². The number of para-hydroxylation sites is 1. The van der Waals surface area contributed by atoms with Gasteiger partial charge in [0.25, 0.3) is 0 Å². The van der Waals surface area contributed by atoms with Gasteiger partial charge in [-0.25, -0.2) is 0 Å². The summed E-state index contributed by atoms with van der Waals surface area (Å²) in [6.07, 6.45) is 3.96. The van der Waals surface area contributed by atoms with Crippen molar-refractivity contribution in [2.45, 2.75) is 36.8 Å². The number of hydrogen-bond acceptors (Lipinski definition) is 3. The van der Waals surface area contributed by atoms with Gasteiger partial charge in [0.1, 0.15) is 11.9 Å². The molecule has 3 rings (SSSR count). The zero-order chi connectivity index (χ0) is 16.1. The molecule has 1 aliphatic rings. The number of ether oxygens (including phenoxy) is 1. The van der Waals surface area contributed by atoms with Crippen molar-refractivity contribution in [1.82, 2.24) is 4.90 Å². The number of rotatable bonds is 8. The molecule has 2 nitrogen and oxygen atoms in total. The first kappa shape index (κ1) is 16.4. The van der Waals surface area contributed by atoms with Gasteiger partial charge in [0.2, 0.25) is 0 Å². The molecule has 0 amide bonds. The standard InChI is InChI=1S/C20H25NOS/c1-21(15-16-7-3-2-4-8-16)14-13-18(17-11-12-17)22-19-9-5-6-10-20(19)23/h2-10,17-18,23H,11-15H2,1H3. The first-order valence-corrected chi connectivity index (χ1v) is 8.84. The van der Waals surface area contributed by atoms with E-state index in [2.05, 4.69) is 54.9 Å². The molecule has 122 valence electrons. The average molecular weight is 327 g/mol. The van der Waals surface area contributed by atoms with E-state index in [1.54, 1.807) is 0 Å². The Balaban J connectivity index is 1.53. The molecule has 0 heterocycles. The van der Waals surface area contributed by atoms with Crippen molar-refractivity contribution < 1.29 is 4.74 Å². The van der Waals surface area contributed by atoms with Gasteiger partial charge in [-0.05, 0) is 49.9 Å². The molecule has 1 unspecified atom stereocenters. The molecule has 2 aromatic rings. The van der Waals surface area contributed by atoms with E-state index in [-0.39, 0.29) is 0 Å². The monoisotopic (exact) mass is 327 g/mol. The summed E-state index contributed by atoms with van der Waals surface area (Å²) >= 11 is 4.50. The minimum Gasteiger partial charge on any atom is -0.489 e. The summed E-state index contributed by atoms with van der Waals surface area (Å²) in [6, 6.07) is 18.6. The Morgan fingerprint density at radius 1 is 1.09 bits per heavy atom. The molecule has 1 aliphatic carbocycles. The number of nitrogens with zero attached hydrogens (tertiary/aromatic N) is 1. The van der Waals surface area contributed by atoms with Gasteiger partial charge in [0, 0.05) is 18.0 Å². The van der Waals surface area contributed by atoms with E-state index >= 15 is 0 Å². The van der Waals surface area contributed by atoms with Crippen molar-refractivity contribution in [1.29, 1.82) is 0 Å². The van der Waals surface area contributed by atoms with E-state index in [0.717, 1.165) is 30.2 Å². The van der Waals surface area contributed by atoms with Gasteiger partial charge in [-0.3, -0.25) is 0 Å². The molecule has 23 heavy (non-hydrogen) atoms. The number of thiol groups is 1. The minimum absolute atomic E-state index is 0.307. The molecule has 0 N–H and O–H groups in total. The third-order valence-electron chi connectivity index (χ3n) is 4.38. The summed E-state index contributed by atoms with van der Waals surface area (Å²) in [5, 5.41) is 0. The summed E-state index contributed by atoms with van der Waals surface area (Å²) in [5.41, 5.74) is 1.36. The fourth-order valence-electron chi connectivity index (χ4n) is 2.90. The summed E-state index contributed by atoms with van der Waals surface area (Å²) in [7, 11) is 2.18. The second kappa shape index (κ2) is 7.89. The van der Waals surface area contributed by atoms with Gasteiger partial charge in [-0.1, -0.05) is 42.5 Å². The second-order valence-corrected chi connectivity index (χ2v) is 6.96. The lowest BCUT2D eigenvalue weighted by atomic mass is 10.1. The highest BCUT2D eigenvalue weighted by atomic mass is 32.1. The Hall–Kier alpha value is -1.45. The van der Waals surface area contributed by atoms with E-state index < -0.39 is 0 Å². The Labute approximate surface area is 144 Å². The Bertz CT molecular complexity index is 612. The Kier molecular flexibility index (Phi) is 5.63. The van der Waals surface area contributed by atoms with Gasteiger partial charge in [-0.2, -0.15) is 0 Å². The van der Waals surface area contributed by atoms with E-state index in [0.29, 0.717) is 12.0 Å². The quantitative estimate of drug-likeness (QED) is 0.708. The van der Waals surface area contributed by atoms with Crippen LogP contribution in [0, 0.1) is 5.92 Å². The van der Waals surface area contributed by atoms with Crippen LogP contribution in [0.3, 0.4) is 0 Å². The summed E-state index contributed by atoms with van der Waals surface area (Å²) in [4.78, 5) is 3.30. The van der Waals surface area contributed by atoms with Crippen LogP contribution in [0.5, 0.6) is 5.75 Å². The first-order valence-electron chi connectivity index (χ1n) is 8.39. The largest absolute Gasteiger partial charge is 0.489 e. The molecule has 2 aromatic carbocycles. The lowest BCUT2D eigenvalue weighted by molar-refractivity contribution is 0.145. The molecular weight excluding hydrogens is 302 g/mol. The summed E-state index contributed by atoms with van der Waals surface area (Å²) < 4.78 is 6.27. The van der Waals surface area contributed by atoms with Gasteiger partial charge < -0.3 is 9.64 Å². The van der Waals surface area contributed by atoms with Crippen molar-refractivity contribution >= 4 is 12.6 Å². The molecule has 0 radical (unpaired) electrons. The zero-order valence-electron chi connectivity index (χ0n) is 13.7. The fraction of sp³-hybridized carbons (Fsp3) is 0.400. The van der Waals surface area contributed by atoms with E-state index in [9.17, 15) is 0 Å². The van der Waals surface area contributed by atoms with Crippen LogP contribution in [0.25, 0.3) is 0 Å². The zero-order valence-corrected chi connectivity index (χ0v) is 14.6. The second-order valence-electron chi connectivity index (χ2n) is 6.47. The van der Waals surface area contributed by atoms with Crippen LogP contribution >= 0.6 is 12.6 Å². The normalized spacial score (nSPS) is 15.6. The van der Waals surface area contributed by atoms with Gasteiger partial charge in [0.05, 0.1) is 0 Å². The highest BCUT2D eigenvalue weighted by molar-refractivity contribution is 7.80. The maximum atomic E-state index is 6.27. The lowest BCUT2D eigenvalue weighted by Crippen LogP contribution is -2.27. The van der Waals surface area contributed by atoms with Crippen LogP contribution in [0.2, 0.25) is 0 Å². The van der Waals surface area contributed by atoms with E-state index in [4.69, 9.17) is 4.74 Å². The molecule has 1 fully saturated rings. The van der Waals surface area contributed by atoms with Crippen LogP contribution in [0.15, 0.2) is 59.5 Å². The summed E-state index contributed by atoms with van der Waals surface area (Å²) in [5.74, 6) is 1.63. The number of benzene rings is 2. The topological polar surface area (TPSA) is 12.5 Å². The maximum Gasteiger partial charge on any atom is 0.133 e. The third-order valence-corrected chi connectivity index (χ3v) is 4.75. The lowest BCUT2D eigenvalue weighted by Gasteiger charge is -2.23. The van der Waals surface area contributed by atoms with E-state index in [1.165, 1.54) is 18.4 Å². The highest BCUT2D eigenvalue weighted by Gasteiger charge is 2.33. The number of hydrogen-bond donors (Lipinski definition) is 1. The van der Waals surface area contributed by atoms with E-state index in [1.807, 2.05) is 24.3 Å². The molecule has 0 aromatic heterocycles. The summed E-state index contributed by atoms with van der Waals surface area (Å²) in [6.45, 7) is 2.03. The first-order chi connectivity index (χ1) is 11.2. The third kappa shape index (κ3) is 5.02. The van der Waals surface area contributed by atoms with Crippen molar-refractivity contribution in [2.24, 2.45) is 5.92 Å². The Morgan fingerprint density at radius 3 is 2.48 bits per heavy atom. The molecular formula is C20H25NOS. The Morgan fingerprint density at radius 2 is 1.78 bits per heavy atom. The van der Waals surface area contributed by atoms with Gasteiger partial charge in [-0.15, -0.1) is 12.6 Å². The molecule has 0 spiro atoms. The molecule has 0 saturated heterocycles. The predicted octanol–water partition coefficient (Wildman–Crippen LogP) is 4.65. The van der Waals surface area contributed by atoms with Crippen molar-refractivity contribution in [3.63, 3.8) is 0 Å². The highest BCUT2D eigenvalue weighted by Crippen LogP contribution is 2.37. The van der Waals surface area contributed by atoms with Gasteiger partial charge in [0.15, 0.2) is 0 Å². The molecule has 0 bridgehead atoms. The van der Waals surface area contributed by atoms with Crippen LogP contribution in [-0.4, -0.2) is 24.6 Å². The smallest absolute Gasteiger partial charge is 0.133 e. The predicted molar refractivity (Wildman–Crippen MR) is 98.2 cm³/mol. The van der Waals surface area contributed by atoms with Gasteiger partial charge >= 0.3 is 0 Å². The fourth-order valence-corrected chi connectivity index (χ4v) is 3.11. The van der Waals surface area contributed by atoms with Crippen molar-refractivity contribution in [3.8, 4) is 5.75 Å². The van der Waals surface area contributed by atoms with Crippen LogP contribution in [-0.2, 0) is 6.54 Å². The van der Waals surface area contributed by atoms with Crippen molar-refractivity contribution in [3.05, 3.63) is 60.2 Å². The molecule has 1 saturated carbocycles. The average Bonchev–Trinajstić information content (AvgIpc) is 3.39. The molecule has 0 aliphatic heterocycles. The molecule has 3 heteroatoms. The molecule has 1 atom stereocenters. The van der Waals surface area contributed by atoms with Crippen molar-refractivity contribution in [2.75, 3.05) is 13.6 Å². The van der Waals surface area contributed by atoms with Crippen LogP contribution in [0.4, 0.5) is 0 Å². The maximum absolute atomic E-state index is 6.27.